The second kappa shape index (κ2) is 5.59. The van der Waals surface area contributed by atoms with Gasteiger partial charge in [0.25, 0.3) is 0 Å². The second-order valence-corrected chi connectivity index (χ2v) is 3.51. The van der Waals surface area contributed by atoms with E-state index in [0.29, 0.717) is 19.4 Å². The van der Waals surface area contributed by atoms with E-state index in [-0.39, 0.29) is 18.4 Å². The molecule has 5 heteroatoms. The van der Waals surface area contributed by atoms with E-state index in [1.54, 1.807) is 0 Å². The molecule has 0 spiro atoms. The Morgan fingerprint density at radius 2 is 2.36 bits per heavy atom. The molecule has 1 aliphatic rings. The zero-order chi connectivity index (χ0) is 10.4. The van der Waals surface area contributed by atoms with E-state index in [1.165, 1.54) is 0 Å². The molecule has 1 unspecified atom stereocenters. The fourth-order valence-electron chi connectivity index (χ4n) is 1.46. The van der Waals surface area contributed by atoms with Gasteiger partial charge in [0.1, 0.15) is 0 Å². The summed E-state index contributed by atoms with van der Waals surface area (Å²) in [5, 5.41) is 14.3. The molecule has 0 aromatic heterocycles. The van der Waals surface area contributed by atoms with Gasteiger partial charge in [0.15, 0.2) is 0 Å². The van der Waals surface area contributed by atoms with Crippen LogP contribution in [0.15, 0.2) is 0 Å². The zero-order valence-corrected chi connectivity index (χ0v) is 8.08. The number of hydrogen-bond acceptors (Lipinski definition) is 3. The molecule has 3 N–H and O–H groups in total. The third kappa shape index (κ3) is 4.23. The summed E-state index contributed by atoms with van der Waals surface area (Å²) in [4.78, 5) is 21.0. The highest BCUT2D eigenvalue weighted by atomic mass is 16.4. The van der Waals surface area contributed by atoms with Crippen molar-refractivity contribution in [2.24, 2.45) is 0 Å². The van der Waals surface area contributed by atoms with Crippen molar-refractivity contribution in [2.45, 2.75) is 31.7 Å². The lowest BCUT2D eigenvalue weighted by atomic mass is 10.2. The SMILES string of the molecule is O=C(O)CCCCNC1CNC(=O)C1. The number of carbonyl (C=O) groups is 2. The Balaban J connectivity index is 1.94. The van der Waals surface area contributed by atoms with Gasteiger partial charge in [0.2, 0.25) is 5.91 Å². The number of carbonyl (C=O) groups excluding carboxylic acids is 1. The third-order valence-corrected chi connectivity index (χ3v) is 2.23. The number of carboxylic acids is 1. The predicted molar refractivity (Wildman–Crippen MR) is 50.9 cm³/mol. The number of carboxylic acid groups (broad SMARTS) is 1. The summed E-state index contributed by atoms with van der Waals surface area (Å²) in [7, 11) is 0. The monoisotopic (exact) mass is 200 g/mol. The molecule has 1 heterocycles. The van der Waals surface area contributed by atoms with Crippen LogP contribution in [-0.4, -0.2) is 36.1 Å². The van der Waals surface area contributed by atoms with Crippen molar-refractivity contribution < 1.29 is 14.7 Å². The van der Waals surface area contributed by atoms with E-state index in [2.05, 4.69) is 10.6 Å². The summed E-state index contributed by atoms with van der Waals surface area (Å²) in [5.74, 6) is -0.657. The maximum atomic E-state index is 10.8. The molecule has 1 aliphatic heterocycles. The first-order valence-electron chi connectivity index (χ1n) is 4.90. The molecular weight excluding hydrogens is 184 g/mol. The topological polar surface area (TPSA) is 78.4 Å². The van der Waals surface area contributed by atoms with Crippen molar-refractivity contribution in [2.75, 3.05) is 13.1 Å². The zero-order valence-electron chi connectivity index (χ0n) is 8.08. The van der Waals surface area contributed by atoms with Crippen LogP contribution in [0, 0.1) is 0 Å². The van der Waals surface area contributed by atoms with Crippen LogP contribution < -0.4 is 10.6 Å². The average Bonchev–Trinajstić information content (AvgIpc) is 2.50. The van der Waals surface area contributed by atoms with Crippen LogP contribution in [0.4, 0.5) is 0 Å². The van der Waals surface area contributed by atoms with Crippen molar-refractivity contribution in [1.29, 1.82) is 0 Å². The molecular formula is C9H16N2O3. The minimum absolute atomic E-state index is 0.0908. The number of aliphatic carboxylic acids is 1. The van der Waals surface area contributed by atoms with Gasteiger partial charge >= 0.3 is 5.97 Å². The Kier molecular flexibility index (Phi) is 4.39. The summed E-state index contributed by atoms with van der Waals surface area (Å²) >= 11 is 0. The maximum Gasteiger partial charge on any atom is 0.303 e. The highest BCUT2D eigenvalue weighted by molar-refractivity contribution is 5.78. The molecule has 0 bridgehead atoms. The molecule has 1 fully saturated rings. The van der Waals surface area contributed by atoms with Gasteiger partial charge in [-0.15, -0.1) is 0 Å². The highest BCUT2D eigenvalue weighted by Crippen LogP contribution is 2.00. The molecule has 0 aromatic carbocycles. The van der Waals surface area contributed by atoms with Gasteiger partial charge in [-0.25, -0.2) is 0 Å². The largest absolute Gasteiger partial charge is 0.481 e. The third-order valence-electron chi connectivity index (χ3n) is 2.23. The summed E-state index contributed by atoms with van der Waals surface area (Å²) in [6.07, 6.45) is 2.30. The molecule has 14 heavy (non-hydrogen) atoms. The Bertz CT molecular complexity index is 218. The molecule has 80 valence electrons. The van der Waals surface area contributed by atoms with Gasteiger partial charge in [0, 0.05) is 25.4 Å². The number of nitrogens with one attached hydrogen (secondary N) is 2. The first-order chi connectivity index (χ1) is 6.68. The van der Waals surface area contributed by atoms with Gasteiger partial charge in [-0.3, -0.25) is 9.59 Å². The highest BCUT2D eigenvalue weighted by Gasteiger charge is 2.19. The van der Waals surface area contributed by atoms with Crippen LogP contribution in [-0.2, 0) is 9.59 Å². The standard InChI is InChI=1S/C9H16N2O3/c12-8-5-7(6-11-8)10-4-2-1-3-9(13)14/h7,10H,1-6H2,(H,11,12)(H,13,14). The smallest absolute Gasteiger partial charge is 0.303 e. The Labute approximate surface area is 82.9 Å². The fourth-order valence-corrected chi connectivity index (χ4v) is 1.46. The van der Waals surface area contributed by atoms with E-state index in [0.717, 1.165) is 13.0 Å². The lowest BCUT2D eigenvalue weighted by Crippen LogP contribution is -2.31. The lowest BCUT2D eigenvalue weighted by Gasteiger charge is -2.08. The van der Waals surface area contributed by atoms with Crippen molar-refractivity contribution >= 4 is 11.9 Å². The van der Waals surface area contributed by atoms with Crippen LogP contribution in [0.3, 0.4) is 0 Å². The fraction of sp³-hybridized carbons (Fsp3) is 0.778. The lowest BCUT2D eigenvalue weighted by molar-refractivity contribution is -0.137. The molecule has 5 nitrogen and oxygen atoms in total. The maximum absolute atomic E-state index is 10.8. The second-order valence-electron chi connectivity index (χ2n) is 3.51. The van der Waals surface area contributed by atoms with Crippen LogP contribution >= 0.6 is 0 Å². The molecule has 0 saturated carbocycles. The minimum atomic E-state index is -0.747. The molecule has 1 saturated heterocycles. The van der Waals surface area contributed by atoms with Crippen LogP contribution in [0.5, 0.6) is 0 Å². The molecule has 0 radical (unpaired) electrons. The summed E-state index contributed by atoms with van der Waals surface area (Å²) in [5.41, 5.74) is 0. The molecule has 0 aliphatic carbocycles. The first kappa shape index (κ1) is 11.0. The Hall–Kier alpha value is -1.10. The first-order valence-corrected chi connectivity index (χ1v) is 4.90. The van der Waals surface area contributed by atoms with Crippen molar-refractivity contribution in [1.82, 2.24) is 10.6 Å². The van der Waals surface area contributed by atoms with E-state index in [4.69, 9.17) is 5.11 Å². The quantitative estimate of drug-likeness (QED) is 0.515. The van der Waals surface area contributed by atoms with Gasteiger partial charge in [-0.1, -0.05) is 0 Å². The molecule has 0 aromatic rings. The van der Waals surface area contributed by atoms with Gasteiger partial charge in [0.05, 0.1) is 0 Å². The van der Waals surface area contributed by atoms with Crippen LogP contribution in [0.25, 0.3) is 0 Å². The van der Waals surface area contributed by atoms with E-state index >= 15 is 0 Å². The van der Waals surface area contributed by atoms with Crippen molar-refractivity contribution in [3.63, 3.8) is 0 Å². The van der Waals surface area contributed by atoms with Crippen LogP contribution in [0.1, 0.15) is 25.7 Å². The average molecular weight is 200 g/mol. The van der Waals surface area contributed by atoms with Crippen LogP contribution in [0.2, 0.25) is 0 Å². The molecule has 1 amide bonds. The van der Waals surface area contributed by atoms with Gasteiger partial charge < -0.3 is 15.7 Å². The minimum Gasteiger partial charge on any atom is -0.481 e. The van der Waals surface area contributed by atoms with Crippen molar-refractivity contribution in [3.05, 3.63) is 0 Å². The molecule has 1 rings (SSSR count). The van der Waals surface area contributed by atoms with E-state index in [1.807, 2.05) is 0 Å². The van der Waals surface area contributed by atoms with Gasteiger partial charge in [-0.2, -0.15) is 0 Å². The van der Waals surface area contributed by atoms with Gasteiger partial charge in [-0.05, 0) is 19.4 Å². The number of amides is 1. The van der Waals surface area contributed by atoms with Crippen molar-refractivity contribution in [3.8, 4) is 0 Å². The number of unbranched alkanes of at least 4 members (excludes halogenated alkanes) is 1. The number of hydrogen-bond donors (Lipinski definition) is 3. The van der Waals surface area contributed by atoms with E-state index in [9.17, 15) is 9.59 Å². The predicted octanol–water partition coefficient (Wildman–Crippen LogP) is -0.281. The summed E-state index contributed by atoms with van der Waals surface area (Å²) < 4.78 is 0. The normalized spacial score (nSPS) is 20.9. The van der Waals surface area contributed by atoms with E-state index < -0.39 is 5.97 Å². The Morgan fingerprint density at radius 1 is 1.57 bits per heavy atom. The molecule has 1 atom stereocenters. The summed E-state index contributed by atoms with van der Waals surface area (Å²) in [6.45, 7) is 1.48. The summed E-state index contributed by atoms with van der Waals surface area (Å²) in [6, 6.07) is 0.229. The Morgan fingerprint density at radius 3 is 2.93 bits per heavy atom. The number of rotatable bonds is 6.